The Hall–Kier alpha value is -1.67. The van der Waals surface area contributed by atoms with Crippen LogP contribution in [0.5, 0.6) is 5.75 Å². The van der Waals surface area contributed by atoms with Gasteiger partial charge in [0.05, 0.1) is 26.2 Å². The molecule has 0 amide bonds. The number of halogens is 4. The lowest BCUT2D eigenvalue weighted by Crippen LogP contribution is -2.15. The van der Waals surface area contributed by atoms with Crippen LogP contribution in [0.4, 0.5) is 17.6 Å². The van der Waals surface area contributed by atoms with Crippen molar-refractivity contribution in [2.45, 2.75) is 6.42 Å². The molecule has 4 nitrogen and oxygen atoms in total. The first-order valence-electron chi connectivity index (χ1n) is 5.19. The van der Waals surface area contributed by atoms with Crippen LogP contribution < -0.4 is 4.74 Å². The van der Waals surface area contributed by atoms with E-state index >= 15 is 0 Å². The highest BCUT2D eigenvalue weighted by molar-refractivity contribution is 5.72. The number of carbonyl (C=O) groups excluding carboxylic acids is 1. The van der Waals surface area contributed by atoms with Crippen LogP contribution >= 0.6 is 0 Å². The van der Waals surface area contributed by atoms with Gasteiger partial charge in [0.1, 0.15) is 0 Å². The minimum absolute atomic E-state index is 0.00631. The van der Waals surface area contributed by atoms with E-state index in [0.29, 0.717) is 0 Å². The normalized spacial score (nSPS) is 10.6. The largest absolute Gasteiger partial charge is 0.420 e. The van der Waals surface area contributed by atoms with Gasteiger partial charge in [0.25, 0.3) is 0 Å². The predicted octanol–water partition coefficient (Wildman–Crippen LogP) is 1.55. The van der Waals surface area contributed by atoms with Crippen molar-refractivity contribution >= 4 is 5.97 Å². The summed E-state index contributed by atoms with van der Waals surface area (Å²) >= 11 is 0. The molecule has 1 aromatic carbocycles. The Balaban J connectivity index is 2.69. The van der Waals surface area contributed by atoms with Crippen molar-refractivity contribution in [3.05, 3.63) is 29.3 Å². The number of esters is 1. The van der Waals surface area contributed by atoms with Crippen LogP contribution in [0.1, 0.15) is 6.42 Å². The zero-order valence-electron chi connectivity index (χ0n) is 9.59. The molecule has 0 heterocycles. The number of carbonyl (C=O) groups is 1. The van der Waals surface area contributed by atoms with Gasteiger partial charge in [0.15, 0.2) is 11.6 Å². The van der Waals surface area contributed by atoms with E-state index in [2.05, 4.69) is 4.74 Å². The fourth-order valence-electron chi connectivity index (χ4n) is 1.13. The lowest BCUT2D eigenvalue weighted by molar-refractivity contribution is -0.136. The van der Waals surface area contributed by atoms with E-state index in [-0.39, 0.29) is 25.9 Å². The second kappa shape index (κ2) is 7.05. The first kappa shape index (κ1) is 15.4. The third-order valence-electron chi connectivity index (χ3n) is 1.97. The van der Waals surface area contributed by atoms with Crippen LogP contribution in [-0.2, 0) is 9.53 Å². The van der Waals surface area contributed by atoms with Crippen molar-refractivity contribution in [2.24, 2.45) is 0 Å². The van der Waals surface area contributed by atoms with Gasteiger partial charge < -0.3 is 14.6 Å². The highest BCUT2D eigenvalue weighted by atomic mass is 19.2. The Morgan fingerprint density at radius 3 is 2.21 bits per heavy atom. The summed E-state index contributed by atoms with van der Waals surface area (Å²) in [6.07, 6.45) is -0.392. The Morgan fingerprint density at radius 2 is 1.68 bits per heavy atom. The molecule has 1 aromatic rings. The Kier molecular flexibility index (Phi) is 5.71. The molecule has 0 aliphatic carbocycles. The van der Waals surface area contributed by atoms with E-state index in [1.165, 1.54) is 0 Å². The van der Waals surface area contributed by atoms with E-state index < -0.39 is 41.4 Å². The number of rotatable bonds is 6. The molecule has 0 bridgehead atoms. The summed E-state index contributed by atoms with van der Waals surface area (Å²) in [7, 11) is 0. The van der Waals surface area contributed by atoms with Crippen molar-refractivity contribution in [3.63, 3.8) is 0 Å². The SMILES string of the molecule is O=C(CCOCCO)Oc1c(F)c(F)cc(F)c1F. The molecule has 0 fully saturated rings. The van der Waals surface area contributed by atoms with Crippen LogP contribution in [0.15, 0.2) is 6.07 Å². The number of benzene rings is 1. The number of aliphatic hydroxyl groups excluding tert-OH is 1. The highest BCUT2D eigenvalue weighted by Crippen LogP contribution is 2.26. The van der Waals surface area contributed by atoms with Gasteiger partial charge >= 0.3 is 5.97 Å². The molecule has 0 aliphatic rings. The van der Waals surface area contributed by atoms with E-state index in [1.54, 1.807) is 0 Å². The summed E-state index contributed by atoms with van der Waals surface area (Å²) < 4.78 is 60.8. The Bertz CT molecular complexity index is 438. The van der Waals surface area contributed by atoms with E-state index in [9.17, 15) is 22.4 Å². The van der Waals surface area contributed by atoms with Crippen molar-refractivity contribution in [1.29, 1.82) is 0 Å². The predicted molar refractivity (Wildman–Crippen MR) is 54.4 cm³/mol. The lowest BCUT2D eigenvalue weighted by Gasteiger charge is -2.08. The van der Waals surface area contributed by atoms with Crippen LogP contribution in [0.2, 0.25) is 0 Å². The van der Waals surface area contributed by atoms with Crippen LogP contribution in [0.3, 0.4) is 0 Å². The molecule has 1 rings (SSSR count). The summed E-state index contributed by atoms with van der Waals surface area (Å²) in [5.41, 5.74) is 0. The first-order valence-corrected chi connectivity index (χ1v) is 5.19. The zero-order chi connectivity index (χ0) is 14.4. The molecular formula is C11H10F4O4. The summed E-state index contributed by atoms with van der Waals surface area (Å²) in [5, 5.41) is 8.38. The standard InChI is InChI=1S/C11H10F4O4/c12-6-5-7(13)10(15)11(9(6)14)19-8(17)1-3-18-4-2-16/h5,16H,1-4H2. The third kappa shape index (κ3) is 4.18. The van der Waals surface area contributed by atoms with Crippen molar-refractivity contribution in [2.75, 3.05) is 19.8 Å². The maximum Gasteiger partial charge on any atom is 0.313 e. The number of ether oxygens (including phenoxy) is 2. The highest BCUT2D eigenvalue weighted by Gasteiger charge is 2.22. The van der Waals surface area contributed by atoms with E-state index in [4.69, 9.17) is 9.84 Å². The van der Waals surface area contributed by atoms with Crippen molar-refractivity contribution in [1.82, 2.24) is 0 Å². The molecule has 0 aliphatic heterocycles. The maximum atomic E-state index is 13.1. The summed E-state index contributed by atoms with van der Waals surface area (Å²) in [6, 6.07) is 0.00631. The average Bonchev–Trinajstić information content (AvgIpc) is 2.37. The molecule has 1 N–H and O–H groups in total. The van der Waals surface area contributed by atoms with Gasteiger partial charge in [-0.05, 0) is 0 Å². The van der Waals surface area contributed by atoms with Gasteiger partial charge in [0.2, 0.25) is 17.4 Å². The van der Waals surface area contributed by atoms with Crippen molar-refractivity contribution in [3.8, 4) is 5.75 Å². The van der Waals surface area contributed by atoms with Gasteiger partial charge in [-0.15, -0.1) is 0 Å². The summed E-state index contributed by atoms with van der Waals surface area (Å²) in [6.45, 7) is -0.446. The van der Waals surface area contributed by atoms with Gasteiger partial charge in [-0.3, -0.25) is 4.79 Å². The zero-order valence-corrected chi connectivity index (χ0v) is 9.59. The molecule has 0 saturated heterocycles. The smallest absolute Gasteiger partial charge is 0.313 e. The fraction of sp³-hybridized carbons (Fsp3) is 0.364. The quantitative estimate of drug-likeness (QED) is 0.283. The van der Waals surface area contributed by atoms with Gasteiger partial charge in [0, 0.05) is 6.07 Å². The van der Waals surface area contributed by atoms with Gasteiger partial charge in [-0.2, -0.15) is 8.78 Å². The second-order valence-electron chi connectivity index (χ2n) is 3.36. The number of hydrogen-bond donors (Lipinski definition) is 1. The molecule has 106 valence electrons. The molecule has 0 radical (unpaired) electrons. The summed E-state index contributed by atoms with van der Waals surface area (Å²) in [4.78, 5) is 11.2. The second-order valence-corrected chi connectivity index (χ2v) is 3.36. The maximum absolute atomic E-state index is 13.1. The number of aliphatic hydroxyl groups is 1. The molecule has 8 heteroatoms. The molecule has 0 spiro atoms. The lowest BCUT2D eigenvalue weighted by atomic mass is 10.3. The molecule has 19 heavy (non-hydrogen) atoms. The Morgan fingerprint density at radius 1 is 1.11 bits per heavy atom. The Labute approximate surface area is 105 Å². The topological polar surface area (TPSA) is 55.8 Å². The molecular weight excluding hydrogens is 272 g/mol. The van der Waals surface area contributed by atoms with E-state index in [0.717, 1.165) is 0 Å². The van der Waals surface area contributed by atoms with Crippen LogP contribution in [0.25, 0.3) is 0 Å². The third-order valence-corrected chi connectivity index (χ3v) is 1.97. The van der Waals surface area contributed by atoms with Crippen molar-refractivity contribution < 1.29 is 36.9 Å². The van der Waals surface area contributed by atoms with Gasteiger partial charge in [-0.1, -0.05) is 0 Å². The molecule has 0 saturated carbocycles. The van der Waals surface area contributed by atoms with Crippen LogP contribution in [-0.4, -0.2) is 30.9 Å². The van der Waals surface area contributed by atoms with Crippen LogP contribution in [0, 0.1) is 23.3 Å². The molecule has 0 unspecified atom stereocenters. The first-order chi connectivity index (χ1) is 8.97. The van der Waals surface area contributed by atoms with E-state index in [1.807, 2.05) is 0 Å². The number of hydrogen-bond acceptors (Lipinski definition) is 4. The van der Waals surface area contributed by atoms with Gasteiger partial charge in [-0.25, -0.2) is 8.78 Å². The molecule has 0 aromatic heterocycles. The minimum Gasteiger partial charge on any atom is -0.420 e. The monoisotopic (exact) mass is 282 g/mol. The average molecular weight is 282 g/mol. The fourth-order valence-corrected chi connectivity index (χ4v) is 1.13. The molecule has 0 atom stereocenters. The summed E-state index contributed by atoms with van der Waals surface area (Å²) in [5.74, 6) is -9.46. The minimum atomic E-state index is -1.79.